The molecule has 5 heteroatoms. The first-order valence-electron chi connectivity index (χ1n) is 10.1. The highest BCUT2D eigenvalue weighted by Crippen LogP contribution is 2.39. The van der Waals surface area contributed by atoms with Crippen molar-refractivity contribution >= 4 is 28.9 Å². The van der Waals surface area contributed by atoms with E-state index >= 15 is 0 Å². The normalized spacial score (nSPS) is 21.9. The summed E-state index contributed by atoms with van der Waals surface area (Å²) < 4.78 is 6.13. The van der Waals surface area contributed by atoms with Crippen molar-refractivity contribution in [3.8, 4) is 5.75 Å². The van der Waals surface area contributed by atoms with Crippen LogP contribution in [0.1, 0.15) is 65.6 Å². The van der Waals surface area contributed by atoms with Gasteiger partial charge in [-0.25, -0.2) is 4.79 Å². The van der Waals surface area contributed by atoms with Crippen LogP contribution in [0.4, 0.5) is 0 Å². The van der Waals surface area contributed by atoms with Crippen LogP contribution in [-0.2, 0) is 6.42 Å². The highest BCUT2D eigenvalue weighted by Gasteiger charge is 2.35. The lowest BCUT2D eigenvalue weighted by Crippen LogP contribution is -2.23. The van der Waals surface area contributed by atoms with E-state index in [-0.39, 0.29) is 5.38 Å². The van der Waals surface area contributed by atoms with Gasteiger partial charge in [0, 0.05) is 16.2 Å². The van der Waals surface area contributed by atoms with Crippen molar-refractivity contribution in [1.82, 2.24) is 0 Å². The molecule has 1 N–H and O–H groups in total. The molecule has 3 atom stereocenters. The highest BCUT2D eigenvalue weighted by molar-refractivity contribution is 7.13. The Kier molecular flexibility index (Phi) is 7.42. The molecule has 1 aliphatic carbocycles. The number of thiophene rings is 1. The van der Waals surface area contributed by atoms with Gasteiger partial charge in [-0.1, -0.05) is 26.0 Å². The molecule has 2 unspecified atom stereocenters. The molecule has 0 amide bonds. The third-order valence-corrected chi connectivity index (χ3v) is 7.40. The van der Waals surface area contributed by atoms with Gasteiger partial charge >= 0.3 is 5.97 Å². The highest BCUT2D eigenvalue weighted by atomic mass is 35.5. The van der Waals surface area contributed by atoms with Gasteiger partial charge in [0.05, 0.1) is 6.61 Å². The molecule has 1 aromatic heterocycles. The molecule has 0 bridgehead atoms. The number of aryl methyl sites for hydroxylation is 1. The number of carbonyl (C=O) groups is 1. The number of halogens is 1. The number of aromatic carboxylic acids is 1. The van der Waals surface area contributed by atoms with Gasteiger partial charge in [-0.15, -0.1) is 22.9 Å². The Hall–Kier alpha value is -1.52. The van der Waals surface area contributed by atoms with Crippen LogP contribution in [0.3, 0.4) is 0 Å². The number of ether oxygens (including phenoxy) is 1. The summed E-state index contributed by atoms with van der Waals surface area (Å²) in [5, 5.41) is 9.22. The van der Waals surface area contributed by atoms with Gasteiger partial charge in [-0.3, -0.25) is 0 Å². The zero-order chi connectivity index (χ0) is 20.1. The fraction of sp³-hybridized carbons (Fsp3) is 0.522. The number of carboxylic acids is 1. The Labute approximate surface area is 176 Å². The third-order valence-electron chi connectivity index (χ3n) is 5.72. The van der Waals surface area contributed by atoms with Crippen LogP contribution in [0.5, 0.6) is 5.75 Å². The minimum atomic E-state index is -0.837. The molecule has 28 heavy (non-hydrogen) atoms. The zero-order valence-corrected chi connectivity index (χ0v) is 18.1. The second-order valence-corrected chi connectivity index (χ2v) is 9.75. The molecule has 1 aliphatic rings. The molecule has 1 fully saturated rings. The number of benzene rings is 1. The van der Waals surface area contributed by atoms with Crippen LogP contribution in [0.2, 0.25) is 0 Å². The standard InChI is InChI=1S/C23H29ClO3S/c1-15(2)17-6-3-7-18(13-17)27-14-20-16(9-11-21(20)24)5-4-8-19-10-12-22(28-19)23(25)26/h3,6-7,10,12-13,15-16,20-21H,4-5,8-9,11,14H2,1-2H3,(H,25,26)/t16-,20?,21?/m0/s1. The number of rotatable bonds is 9. The van der Waals surface area contributed by atoms with Crippen molar-refractivity contribution < 1.29 is 14.6 Å². The molecule has 0 saturated heterocycles. The van der Waals surface area contributed by atoms with Crippen LogP contribution >= 0.6 is 22.9 Å². The maximum absolute atomic E-state index is 11.0. The van der Waals surface area contributed by atoms with E-state index in [0.29, 0.717) is 29.2 Å². The van der Waals surface area contributed by atoms with E-state index in [1.807, 2.05) is 12.1 Å². The Morgan fingerprint density at radius 1 is 1.29 bits per heavy atom. The second kappa shape index (κ2) is 9.80. The van der Waals surface area contributed by atoms with Gasteiger partial charge in [-0.05, 0) is 73.8 Å². The molecule has 3 rings (SSSR count). The van der Waals surface area contributed by atoms with Crippen molar-refractivity contribution in [3.05, 3.63) is 51.7 Å². The van der Waals surface area contributed by atoms with E-state index in [1.165, 1.54) is 16.9 Å². The van der Waals surface area contributed by atoms with Crippen molar-refractivity contribution in [2.75, 3.05) is 6.61 Å². The average Bonchev–Trinajstić information content (AvgIpc) is 3.28. The molecule has 2 aromatic rings. The second-order valence-electron chi connectivity index (χ2n) is 8.02. The quantitative estimate of drug-likeness (QED) is 0.464. The number of alkyl halides is 1. The first kappa shape index (κ1) is 21.2. The Bertz CT molecular complexity index is 786. The summed E-state index contributed by atoms with van der Waals surface area (Å²) in [6, 6.07) is 12.0. The van der Waals surface area contributed by atoms with Gasteiger partial charge in [0.1, 0.15) is 10.6 Å². The van der Waals surface area contributed by atoms with Crippen LogP contribution in [0.15, 0.2) is 36.4 Å². The van der Waals surface area contributed by atoms with E-state index in [4.69, 9.17) is 21.4 Å². The van der Waals surface area contributed by atoms with E-state index in [9.17, 15) is 4.79 Å². The molecule has 3 nitrogen and oxygen atoms in total. The van der Waals surface area contributed by atoms with Crippen LogP contribution in [-0.4, -0.2) is 23.1 Å². The average molecular weight is 421 g/mol. The predicted molar refractivity (Wildman–Crippen MR) is 116 cm³/mol. The van der Waals surface area contributed by atoms with Gasteiger partial charge in [0.2, 0.25) is 0 Å². The van der Waals surface area contributed by atoms with E-state index in [0.717, 1.165) is 42.7 Å². The smallest absolute Gasteiger partial charge is 0.345 e. The molecule has 0 spiro atoms. The van der Waals surface area contributed by atoms with Gasteiger partial charge < -0.3 is 9.84 Å². The number of hydrogen-bond donors (Lipinski definition) is 1. The summed E-state index contributed by atoms with van der Waals surface area (Å²) in [7, 11) is 0. The topological polar surface area (TPSA) is 46.5 Å². The summed E-state index contributed by atoms with van der Waals surface area (Å²) in [6.07, 6.45) is 5.32. The molecule has 1 heterocycles. The van der Waals surface area contributed by atoms with E-state index in [1.54, 1.807) is 6.07 Å². The lowest BCUT2D eigenvalue weighted by molar-refractivity contribution is 0.0702. The van der Waals surface area contributed by atoms with Crippen molar-refractivity contribution in [2.45, 2.75) is 57.2 Å². The van der Waals surface area contributed by atoms with Gasteiger partial charge in [0.15, 0.2) is 0 Å². The minimum Gasteiger partial charge on any atom is -0.493 e. The number of hydrogen-bond acceptors (Lipinski definition) is 3. The molecule has 1 saturated carbocycles. The van der Waals surface area contributed by atoms with Crippen LogP contribution in [0.25, 0.3) is 0 Å². The monoisotopic (exact) mass is 420 g/mol. The fourth-order valence-electron chi connectivity index (χ4n) is 4.02. The maximum Gasteiger partial charge on any atom is 0.345 e. The molecule has 0 aliphatic heterocycles. The first-order valence-corrected chi connectivity index (χ1v) is 11.4. The third kappa shape index (κ3) is 5.51. The van der Waals surface area contributed by atoms with Gasteiger partial charge in [-0.2, -0.15) is 0 Å². The Morgan fingerprint density at radius 3 is 2.82 bits per heavy atom. The van der Waals surface area contributed by atoms with Crippen molar-refractivity contribution in [3.63, 3.8) is 0 Å². The lowest BCUT2D eigenvalue weighted by Gasteiger charge is -2.22. The summed E-state index contributed by atoms with van der Waals surface area (Å²) in [6.45, 7) is 5.05. The summed E-state index contributed by atoms with van der Waals surface area (Å²) in [5.41, 5.74) is 1.29. The van der Waals surface area contributed by atoms with E-state index < -0.39 is 5.97 Å². The number of carboxylic acid groups (broad SMARTS) is 1. The summed E-state index contributed by atoms with van der Waals surface area (Å²) in [5.74, 6) is 1.54. The molecule has 0 radical (unpaired) electrons. The largest absolute Gasteiger partial charge is 0.493 e. The first-order chi connectivity index (χ1) is 13.4. The zero-order valence-electron chi connectivity index (χ0n) is 16.6. The molecule has 152 valence electrons. The molecular formula is C23H29ClO3S. The van der Waals surface area contributed by atoms with Crippen molar-refractivity contribution in [1.29, 1.82) is 0 Å². The maximum atomic E-state index is 11.0. The lowest BCUT2D eigenvalue weighted by atomic mass is 9.91. The summed E-state index contributed by atoms with van der Waals surface area (Å²) >= 11 is 8.00. The van der Waals surface area contributed by atoms with Gasteiger partial charge in [0.25, 0.3) is 0 Å². The Morgan fingerprint density at radius 2 is 2.11 bits per heavy atom. The minimum absolute atomic E-state index is 0.179. The van der Waals surface area contributed by atoms with Crippen LogP contribution < -0.4 is 4.74 Å². The predicted octanol–water partition coefficient (Wildman–Crippen LogP) is 6.61. The van der Waals surface area contributed by atoms with Crippen LogP contribution in [0, 0.1) is 11.8 Å². The summed E-state index contributed by atoms with van der Waals surface area (Å²) in [4.78, 5) is 12.6. The molecular weight excluding hydrogens is 392 g/mol. The van der Waals surface area contributed by atoms with Crippen molar-refractivity contribution in [2.24, 2.45) is 11.8 Å². The fourth-order valence-corrected chi connectivity index (χ4v) is 5.31. The Balaban J connectivity index is 1.50. The van der Waals surface area contributed by atoms with E-state index in [2.05, 4.69) is 32.0 Å². The SMILES string of the molecule is CC(C)c1cccc(OCC2C(Cl)CC[C@@H]2CCCc2ccc(C(=O)O)s2)c1. The molecule has 1 aromatic carbocycles.